The predicted molar refractivity (Wildman–Crippen MR) is 139 cm³/mol. The maximum absolute atomic E-state index is 9.73. The summed E-state index contributed by atoms with van der Waals surface area (Å²) in [6, 6.07) is 11.3. The lowest BCUT2D eigenvalue weighted by Gasteiger charge is -2.28. The minimum Gasteiger partial charge on any atom is -0.497 e. The minimum absolute atomic E-state index is 0.394. The van der Waals surface area contributed by atoms with E-state index in [0.29, 0.717) is 51.3 Å². The molecule has 1 aromatic heterocycles. The van der Waals surface area contributed by atoms with Gasteiger partial charge in [0.1, 0.15) is 17.3 Å². The molecule has 1 aliphatic rings. The fourth-order valence-corrected chi connectivity index (χ4v) is 4.68. The number of hydrogen-bond acceptors (Lipinski definition) is 7. The quantitative estimate of drug-likeness (QED) is 0.364. The first-order valence-electron chi connectivity index (χ1n) is 11.9. The molecule has 0 amide bonds. The summed E-state index contributed by atoms with van der Waals surface area (Å²) in [7, 11) is 5.38. The summed E-state index contributed by atoms with van der Waals surface area (Å²) in [5.74, 6) is 2.62. The number of pyridine rings is 1. The normalized spacial score (nSPS) is 14.5. The molecule has 2 aromatic carbocycles. The third-order valence-corrected chi connectivity index (χ3v) is 6.90. The van der Waals surface area contributed by atoms with E-state index in [1.807, 2.05) is 12.1 Å². The zero-order valence-electron chi connectivity index (χ0n) is 20.4. The van der Waals surface area contributed by atoms with E-state index in [0.717, 1.165) is 17.7 Å². The van der Waals surface area contributed by atoms with E-state index in [2.05, 4.69) is 28.3 Å². The van der Waals surface area contributed by atoms with E-state index in [1.165, 1.54) is 38.5 Å². The van der Waals surface area contributed by atoms with Crippen LogP contribution in [0.2, 0.25) is 5.02 Å². The number of nitrogens with zero attached hydrogens (tertiary/aromatic N) is 3. The van der Waals surface area contributed by atoms with Gasteiger partial charge < -0.3 is 24.4 Å². The zero-order chi connectivity index (χ0) is 24.8. The van der Waals surface area contributed by atoms with Gasteiger partial charge in [-0.05, 0) is 76.0 Å². The molecule has 2 heterocycles. The second-order valence-corrected chi connectivity index (χ2v) is 9.27. The number of ether oxygens (including phenoxy) is 3. The first-order valence-corrected chi connectivity index (χ1v) is 12.2. The van der Waals surface area contributed by atoms with Gasteiger partial charge in [0, 0.05) is 17.6 Å². The molecule has 1 fully saturated rings. The Hall–Kier alpha value is -3.21. The molecule has 4 rings (SSSR count). The van der Waals surface area contributed by atoms with Gasteiger partial charge in [0.05, 0.1) is 42.8 Å². The van der Waals surface area contributed by atoms with Crippen molar-refractivity contribution in [2.24, 2.45) is 5.92 Å². The van der Waals surface area contributed by atoms with Crippen molar-refractivity contribution >= 4 is 33.9 Å². The van der Waals surface area contributed by atoms with Crippen LogP contribution in [-0.2, 0) is 0 Å². The number of hydrogen-bond donors (Lipinski definition) is 1. The van der Waals surface area contributed by atoms with Crippen molar-refractivity contribution in [1.82, 2.24) is 9.88 Å². The van der Waals surface area contributed by atoms with E-state index in [-0.39, 0.29) is 0 Å². The Morgan fingerprint density at radius 1 is 1.17 bits per heavy atom. The standard InChI is InChI=1S/C27H31ClN4O3/c1-32-12-10-18(11-13-32)5-4-14-35-24-9-7-21-25(19(16-29)17-30-26(21)27(24)34-3)31-23-15-20(33-2)6-8-22(23)28/h6-9,15,17-18H,4-5,10-14H2,1-3H3,(H,30,31). The average Bonchev–Trinajstić information content (AvgIpc) is 2.88. The number of nitrogens with one attached hydrogen (secondary N) is 1. The number of piperidine rings is 1. The lowest BCUT2D eigenvalue weighted by molar-refractivity contribution is 0.199. The molecule has 8 heteroatoms. The van der Waals surface area contributed by atoms with Crippen LogP contribution in [0.1, 0.15) is 31.2 Å². The fourth-order valence-electron chi connectivity index (χ4n) is 4.52. The van der Waals surface area contributed by atoms with Crippen LogP contribution in [0.4, 0.5) is 11.4 Å². The molecular formula is C27H31ClN4O3. The highest BCUT2D eigenvalue weighted by Crippen LogP contribution is 2.40. The predicted octanol–water partition coefficient (Wildman–Crippen LogP) is 6.02. The molecule has 7 nitrogen and oxygen atoms in total. The number of likely N-dealkylation sites (tertiary alicyclic amines) is 1. The van der Waals surface area contributed by atoms with Crippen LogP contribution >= 0.6 is 11.6 Å². The summed E-state index contributed by atoms with van der Waals surface area (Å²) < 4.78 is 17.1. The Bertz CT molecular complexity index is 1220. The molecule has 0 saturated carbocycles. The van der Waals surface area contributed by atoms with E-state index >= 15 is 0 Å². The van der Waals surface area contributed by atoms with Crippen LogP contribution in [0, 0.1) is 17.2 Å². The molecular weight excluding hydrogens is 464 g/mol. The van der Waals surface area contributed by atoms with Crippen molar-refractivity contribution in [2.75, 3.05) is 46.3 Å². The van der Waals surface area contributed by atoms with Crippen molar-refractivity contribution < 1.29 is 14.2 Å². The first-order chi connectivity index (χ1) is 17.0. The van der Waals surface area contributed by atoms with Crippen LogP contribution in [0.5, 0.6) is 17.2 Å². The summed E-state index contributed by atoms with van der Waals surface area (Å²) in [5, 5.41) is 14.3. The number of benzene rings is 2. The smallest absolute Gasteiger partial charge is 0.187 e. The lowest BCUT2D eigenvalue weighted by atomic mass is 9.93. The zero-order valence-corrected chi connectivity index (χ0v) is 21.2. The Morgan fingerprint density at radius 3 is 2.69 bits per heavy atom. The van der Waals surface area contributed by atoms with Crippen molar-refractivity contribution in [2.45, 2.75) is 25.7 Å². The maximum atomic E-state index is 9.73. The molecule has 0 atom stereocenters. The lowest BCUT2D eigenvalue weighted by Crippen LogP contribution is -2.30. The largest absolute Gasteiger partial charge is 0.497 e. The number of anilines is 2. The Morgan fingerprint density at radius 2 is 1.97 bits per heavy atom. The number of methoxy groups -OCH3 is 2. The number of nitriles is 1. The Balaban J connectivity index is 1.56. The van der Waals surface area contributed by atoms with Crippen molar-refractivity contribution in [1.29, 1.82) is 5.26 Å². The molecule has 0 spiro atoms. The fraction of sp³-hybridized carbons (Fsp3) is 0.407. The summed E-state index contributed by atoms with van der Waals surface area (Å²) in [4.78, 5) is 6.91. The molecule has 1 N–H and O–H groups in total. The molecule has 0 bridgehead atoms. The molecule has 35 heavy (non-hydrogen) atoms. The van der Waals surface area contributed by atoms with Gasteiger partial charge in [-0.25, -0.2) is 0 Å². The minimum atomic E-state index is 0.394. The van der Waals surface area contributed by atoms with Crippen molar-refractivity contribution in [3.8, 4) is 23.3 Å². The highest BCUT2D eigenvalue weighted by Gasteiger charge is 2.19. The van der Waals surface area contributed by atoms with Gasteiger partial charge in [-0.15, -0.1) is 0 Å². The number of aromatic nitrogens is 1. The van der Waals surface area contributed by atoms with Gasteiger partial charge in [0.15, 0.2) is 11.5 Å². The van der Waals surface area contributed by atoms with Gasteiger partial charge in [0.2, 0.25) is 0 Å². The van der Waals surface area contributed by atoms with E-state index in [4.69, 9.17) is 25.8 Å². The Kier molecular flexibility index (Phi) is 8.17. The van der Waals surface area contributed by atoms with Crippen LogP contribution in [0.3, 0.4) is 0 Å². The second kappa shape index (κ2) is 11.5. The molecule has 0 aliphatic carbocycles. The van der Waals surface area contributed by atoms with Crippen LogP contribution in [-0.4, -0.2) is 50.8 Å². The monoisotopic (exact) mass is 494 g/mol. The molecule has 0 unspecified atom stereocenters. The summed E-state index contributed by atoms with van der Waals surface area (Å²) in [6.45, 7) is 2.98. The number of fused-ring (bicyclic) bond motifs is 1. The molecule has 3 aromatic rings. The van der Waals surface area contributed by atoms with E-state index < -0.39 is 0 Å². The van der Waals surface area contributed by atoms with E-state index in [1.54, 1.807) is 32.4 Å². The van der Waals surface area contributed by atoms with Gasteiger partial charge in [-0.1, -0.05) is 11.6 Å². The van der Waals surface area contributed by atoms with Gasteiger partial charge in [-0.2, -0.15) is 5.26 Å². The van der Waals surface area contributed by atoms with Crippen LogP contribution in [0.15, 0.2) is 36.5 Å². The molecule has 0 radical (unpaired) electrons. The summed E-state index contributed by atoms with van der Waals surface area (Å²) in [6.07, 6.45) is 6.22. The van der Waals surface area contributed by atoms with Crippen molar-refractivity contribution in [3.05, 3.63) is 47.1 Å². The van der Waals surface area contributed by atoms with Gasteiger partial charge in [0.25, 0.3) is 0 Å². The third kappa shape index (κ3) is 5.72. The first kappa shape index (κ1) is 24.9. The van der Waals surface area contributed by atoms with Crippen LogP contribution < -0.4 is 19.5 Å². The Labute approximate surface area is 211 Å². The topological polar surface area (TPSA) is 79.6 Å². The third-order valence-electron chi connectivity index (χ3n) is 6.57. The van der Waals surface area contributed by atoms with Gasteiger partial charge in [-0.3, -0.25) is 4.98 Å². The summed E-state index contributed by atoms with van der Waals surface area (Å²) in [5.41, 5.74) is 2.23. The van der Waals surface area contributed by atoms with Gasteiger partial charge >= 0.3 is 0 Å². The molecule has 1 aliphatic heterocycles. The maximum Gasteiger partial charge on any atom is 0.187 e. The highest BCUT2D eigenvalue weighted by atomic mass is 35.5. The SMILES string of the molecule is COc1ccc(Cl)c(Nc2c(C#N)cnc3c(OC)c(OCCCC4CCN(C)CC4)ccc23)c1. The van der Waals surface area contributed by atoms with Crippen molar-refractivity contribution in [3.63, 3.8) is 0 Å². The van der Waals surface area contributed by atoms with Crippen LogP contribution in [0.25, 0.3) is 10.9 Å². The summed E-state index contributed by atoms with van der Waals surface area (Å²) >= 11 is 6.40. The second-order valence-electron chi connectivity index (χ2n) is 8.86. The average molecular weight is 495 g/mol. The molecule has 184 valence electrons. The van der Waals surface area contributed by atoms with E-state index in [9.17, 15) is 5.26 Å². The number of halogens is 1. The highest BCUT2D eigenvalue weighted by molar-refractivity contribution is 6.33. The number of rotatable bonds is 9. The molecule has 1 saturated heterocycles.